The van der Waals surface area contributed by atoms with Crippen LogP contribution >= 0.6 is 0 Å². The molecule has 0 spiro atoms. The summed E-state index contributed by atoms with van der Waals surface area (Å²) in [5, 5.41) is 10.5. The molecule has 1 aromatic heterocycles. The lowest BCUT2D eigenvalue weighted by Gasteiger charge is -2.40. The Morgan fingerprint density at radius 1 is 0.434 bits per heavy atom. The number of nitrogens with one attached hydrogen (secondary N) is 3. The first-order valence-electron chi connectivity index (χ1n) is 38.1. The minimum Gasteiger partial charge on any atom is -0.504 e. The molecule has 34 nitrogen and oxygen atoms in total. The van der Waals surface area contributed by atoms with E-state index in [2.05, 4.69) is 33.9 Å². The predicted octanol–water partition coefficient (Wildman–Crippen LogP) is 9.62. The number of phenolic OH excluding ortho intramolecular Hbond substituents is 1. The minimum absolute atomic E-state index is 0.0708. The maximum atomic E-state index is 14.7. The second kappa shape index (κ2) is 38.1. The van der Waals surface area contributed by atoms with Crippen LogP contribution in [0.2, 0.25) is 0 Å². The Morgan fingerprint density at radius 3 is 1.01 bits per heavy atom. The molecule has 7 heterocycles. The fraction of sp³-hybridized carbons (Fsp3) is 0.306. The first-order chi connectivity index (χ1) is 58.6. The molecule has 0 aliphatic carbocycles. The summed E-state index contributed by atoms with van der Waals surface area (Å²) in [6, 6.07) is 30.9. The standard InChI is InChI=1S/C59H63N7O16S2.C26H29N3O8S/c1-9-26-79-58(69)65-46-32-52(50(75-5)30-44(46)54(67)63-24-22-38(28-48(63)56(65)77-7)36-14-18-42(19-15-36)83(71,72)60-3)81-34-40-12-11-13-41(62-40)35-82-53-33-47-45(31-51(53)76-6)55(68)64-25-23-39(37-16-20-43(21-17-37)84(73,74)61-4)29-49(64)57(78-8)66(47)59(70)80-27-10-2;1-5-12-37-26(32)29-20-15-22(30)23(35-3)14-19(20)24(31)28-11-10-17(13-21(28)25(29)36-4)16-6-8-18(9-7-16)38(33,34)27-2/h9-23,30-33,48-49,56-57,60-61H,1-2,24-29,34-35H2,3-8H3;5-10,14-15,21,25,27,30H,1,11-13H2,2-4H3/t48-,49-,56?,57?;21-,25?/m00/s1. The van der Waals surface area contributed by atoms with Gasteiger partial charge < -0.3 is 71.9 Å². The molecule has 6 amide bonds. The first kappa shape index (κ1) is 88.8. The van der Waals surface area contributed by atoms with E-state index in [-0.39, 0.29) is 154 Å². The van der Waals surface area contributed by atoms with Crippen molar-refractivity contribution in [3.05, 3.63) is 228 Å². The van der Waals surface area contributed by atoms with E-state index in [0.717, 1.165) is 33.4 Å². The lowest BCUT2D eigenvalue weighted by atomic mass is 9.93. The second-order valence-corrected chi connectivity index (χ2v) is 33.6. The molecule has 6 aliphatic heterocycles. The molecule has 0 bridgehead atoms. The SMILES string of the molecule is C=CCOC(=O)N1c2cc(O)c(OC)cc2C(=O)N2CC=C(c3ccc(S(=O)(=O)NC)cc3)C[C@H]2C1OC.C=CCOC(=O)N1c2cc(OCc3cccc(COc4cc5c(cc4OC)C(=O)N4CC=C(c6ccc(S(=O)(=O)NC)cc6)C[C@H]4C(OC)N5C(=O)OCC=C)n3)c(OC)cc2C(=O)N2CC=C(c3ccc(S(=O)(=O)NC)cc3)C[C@H]2C1OC. The number of amides is 6. The number of carbonyl (C=O) groups is 6. The number of hydrogen-bond acceptors (Lipinski definition) is 25. The third kappa shape index (κ3) is 18.1. The third-order valence-corrected chi connectivity index (χ3v) is 25.6. The highest BCUT2D eigenvalue weighted by Gasteiger charge is 2.50. The van der Waals surface area contributed by atoms with Gasteiger partial charge in [0.15, 0.2) is 53.2 Å². The fourth-order valence-electron chi connectivity index (χ4n) is 15.2. The van der Waals surface area contributed by atoms with Crippen molar-refractivity contribution >= 4 is 99.9 Å². The maximum absolute atomic E-state index is 14.7. The summed E-state index contributed by atoms with van der Waals surface area (Å²) in [6.45, 7) is 10.8. The third-order valence-electron chi connectivity index (χ3n) is 21.3. The molecule has 0 radical (unpaired) electrons. The number of pyridine rings is 1. The summed E-state index contributed by atoms with van der Waals surface area (Å²) < 4.78 is 145. The molecular formula is C85H92N10O24S3. The van der Waals surface area contributed by atoms with Gasteiger partial charge in [0.05, 0.1) is 99.3 Å². The first-order valence-corrected chi connectivity index (χ1v) is 42.5. The van der Waals surface area contributed by atoms with Crippen molar-refractivity contribution in [1.29, 1.82) is 0 Å². The number of fused-ring (bicyclic) bond motifs is 6. The molecule has 6 atom stereocenters. The van der Waals surface area contributed by atoms with Crippen LogP contribution in [0.3, 0.4) is 0 Å². The average Bonchev–Trinajstić information content (AvgIpc) is 1.60. The highest BCUT2D eigenvalue weighted by Crippen LogP contribution is 2.47. The lowest BCUT2D eigenvalue weighted by Crippen LogP contribution is -2.55. The van der Waals surface area contributed by atoms with Gasteiger partial charge in [0.25, 0.3) is 17.7 Å². The summed E-state index contributed by atoms with van der Waals surface area (Å²) in [5.74, 6) is -0.769. The zero-order valence-electron chi connectivity index (χ0n) is 68.1. The number of nitrogens with zero attached hydrogens (tertiary/aromatic N) is 7. The van der Waals surface area contributed by atoms with Gasteiger partial charge in [0.2, 0.25) is 30.1 Å². The number of carbonyl (C=O) groups excluding carboxylic acids is 6. The zero-order valence-corrected chi connectivity index (χ0v) is 70.6. The molecule has 6 aromatic carbocycles. The van der Waals surface area contributed by atoms with Crippen LogP contribution in [0.15, 0.2) is 198 Å². The molecule has 0 saturated heterocycles. The number of aromatic nitrogens is 1. The second-order valence-electron chi connectivity index (χ2n) is 27.9. The van der Waals surface area contributed by atoms with E-state index in [9.17, 15) is 59.1 Å². The van der Waals surface area contributed by atoms with Gasteiger partial charge in [-0.3, -0.25) is 19.4 Å². The Kier molecular flexibility index (Phi) is 27.7. The van der Waals surface area contributed by atoms with E-state index in [0.29, 0.717) is 17.8 Å². The molecular weight excluding hydrogens is 1640 g/mol. The number of sulfonamides is 3. The van der Waals surface area contributed by atoms with Crippen molar-refractivity contribution < 1.29 is 111 Å². The molecule has 0 fully saturated rings. The number of hydrogen-bond donors (Lipinski definition) is 4. The van der Waals surface area contributed by atoms with Crippen LogP contribution in [0.25, 0.3) is 16.7 Å². The van der Waals surface area contributed by atoms with Gasteiger partial charge in [-0.25, -0.2) is 68.5 Å². The van der Waals surface area contributed by atoms with E-state index < -0.39 is 97.0 Å². The van der Waals surface area contributed by atoms with Crippen molar-refractivity contribution in [3.8, 4) is 34.5 Å². The van der Waals surface area contributed by atoms with Gasteiger partial charge in [-0.2, -0.15) is 0 Å². The summed E-state index contributed by atoms with van der Waals surface area (Å²) in [4.78, 5) is 98.4. The van der Waals surface area contributed by atoms with E-state index in [4.69, 9.17) is 57.1 Å². The predicted molar refractivity (Wildman–Crippen MR) is 448 cm³/mol. The van der Waals surface area contributed by atoms with Gasteiger partial charge in [-0.05, 0) is 141 Å². The van der Waals surface area contributed by atoms with Gasteiger partial charge in [0.1, 0.15) is 33.0 Å². The summed E-state index contributed by atoms with van der Waals surface area (Å²) in [6.07, 6.45) is 5.02. The van der Waals surface area contributed by atoms with Crippen molar-refractivity contribution in [1.82, 2.24) is 33.8 Å². The van der Waals surface area contributed by atoms with E-state index in [1.54, 1.807) is 69.3 Å². The molecule has 7 aromatic rings. The maximum Gasteiger partial charge on any atom is 0.416 e. The summed E-state index contributed by atoms with van der Waals surface area (Å²) >= 11 is 0. The van der Waals surface area contributed by atoms with Crippen LogP contribution in [0.1, 0.15) is 78.4 Å². The van der Waals surface area contributed by atoms with E-state index >= 15 is 0 Å². The number of anilines is 3. The van der Waals surface area contributed by atoms with Crippen molar-refractivity contribution in [2.75, 3.05) is 118 Å². The number of ether oxygens (including phenoxy) is 11. The Hall–Kier alpha value is -12.5. The largest absolute Gasteiger partial charge is 0.504 e. The van der Waals surface area contributed by atoms with Crippen molar-refractivity contribution in [2.24, 2.45) is 0 Å². The Morgan fingerprint density at radius 2 is 0.730 bits per heavy atom. The minimum atomic E-state index is -3.69. The topological polar surface area (TPSA) is 395 Å². The van der Waals surface area contributed by atoms with Crippen molar-refractivity contribution in [2.45, 2.75) is 84.0 Å². The molecule has 0 saturated carbocycles. The Balaban J connectivity index is 0.000000298. The number of phenols is 1. The summed E-state index contributed by atoms with van der Waals surface area (Å²) in [5.41, 5.74) is 6.24. The van der Waals surface area contributed by atoms with Gasteiger partial charge in [-0.1, -0.05) is 98.7 Å². The monoisotopic (exact) mass is 1730 g/mol. The Bertz CT molecular complexity index is 5440. The molecule has 122 heavy (non-hydrogen) atoms. The van der Waals surface area contributed by atoms with Crippen LogP contribution in [0, 0.1) is 0 Å². The smallest absolute Gasteiger partial charge is 0.416 e. The highest BCUT2D eigenvalue weighted by atomic mass is 32.2. The molecule has 6 aliphatic rings. The number of methoxy groups -OCH3 is 6. The number of aromatic hydroxyl groups is 1. The van der Waals surface area contributed by atoms with Crippen LogP contribution in [0.5, 0.6) is 34.5 Å². The number of benzene rings is 6. The molecule has 37 heteroatoms. The summed E-state index contributed by atoms with van der Waals surface area (Å²) in [7, 11) is 1.50. The molecule has 13 rings (SSSR count). The lowest BCUT2D eigenvalue weighted by molar-refractivity contribution is 0.0175. The van der Waals surface area contributed by atoms with E-state index in [1.807, 2.05) is 18.2 Å². The van der Waals surface area contributed by atoms with Crippen LogP contribution < -0.4 is 52.6 Å². The van der Waals surface area contributed by atoms with Gasteiger partial charge in [0, 0.05) is 59.2 Å². The van der Waals surface area contributed by atoms with Crippen LogP contribution in [-0.4, -0.2) is 226 Å². The quantitative estimate of drug-likeness (QED) is 0.0275. The Labute approximate surface area is 705 Å². The fourth-order valence-corrected chi connectivity index (χ4v) is 17.4. The molecule has 644 valence electrons. The highest BCUT2D eigenvalue weighted by molar-refractivity contribution is 7.90. The number of rotatable bonds is 27. The molecule has 3 unspecified atom stereocenters. The molecule has 4 N–H and O–H groups in total. The van der Waals surface area contributed by atoms with Crippen molar-refractivity contribution in [3.63, 3.8) is 0 Å². The van der Waals surface area contributed by atoms with Gasteiger partial charge >= 0.3 is 18.3 Å². The van der Waals surface area contributed by atoms with Crippen LogP contribution in [0.4, 0.5) is 31.4 Å². The average molecular weight is 1730 g/mol. The van der Waals surface area contributed by atoms with Gasteiger partial charge in [-0.15, -0.1) is 0 Å². The zero-order chi connectivity index (χ0) is 87.6. The normalized spacial score (nSPS) is 18.7. The van der Waals surface area contributed by atoms with Crippen LogP contribution in [-0.2, 0) is 71.7 Å². The van der Waals surface area contributed by atoms with E-state index in [1.165, 1.54) is 170 Å².